The molecule has 1 aliphatic heterocycles. The molecule has 202 valence electrons. The first-order chi connectivity index (χ1) is 18.2. The number of nitrogens with two attached hydrogens (primary N) is 1. The van der Waals surface area contributed by atoms with Crippen molar-refractivity contribution in [2.75, 3.05) is 48.1 Å². The number of alkyl halides is 3. The number of amides is 1. The van der Waals surface area contributed by atoms with Crippen LogP contribution in [0.2, 0.25) is 0 Å². The third-order valence-corrected chi connectivity index (χ3v) is 6.18. The Morgan fingerprint density at radius 1 is 1.16 bits per heavy atom. The molecule has 38 heavy (non-hydrogen) atoms. The second kappa shape index (κ2) is 11.8. The zero-order valence-corrected chi connectivity index (χ0v) is 21.0. The Labute approximate surface area is 218 Å². The summed E-state index contributed by atoms with van der Waals surface area (Å²) in [4.78, 5) is 19.5. The van der Waals surface area contributed by atoms with E-state index in [0.29, 0.717) is 62.2 Å². The summed E-state index contributed by atoms with van der Waals surface area (Å²) in [6.45, 7) is 4.95. The fourth-order valence-electron chi connectivity index (χ4n) is 4.21. The Bertz CT molecular complexity index is 1280. The zero-order valence-electron chi connectivity index (χ0n) is 21.0. The quantitative estimate of drug-likeness (QED) is 0.356. The molecule has 2 heterocycles. The molecule has 8 nitrogen and oxygen atoms in total. The number of pyridine rings is 1. The lowest BCUT2D eigenvalue weighted by molar-refractivity contribution is -0.137. The third-order valence-electron chi connectivity index (χ3n) is 6.18. The van der Waals surface area contributed by atoms with E-state index in [4.69, 9.17) is 10.5 Å². The third kappa shape index (κ3) is 6.42. The number of rotatable bonds is 8. The molecule has 0 unspecified atom stereocenters. The first-order valence-corrected chi connectivity index (χ1v) is 12.3. The molecule has 0 atom stereocenters. The van der Waals surface area contributed by atoms with Crippen LogP contribution >= 0.6 is 0 Å². The van der Waals surface area contributed by atoms with Crippen molar-refractivity contribution < 1.29 is 27.9 Å². The topological polar surface area (TPSA) is 104 Å². The number of morpholine rings is 1. The fraction of sp³-hybridized carbons (Fsp3) is 0.333. The highest BCUT2D eigenvalue weighted by atomic mass is 19.4. The minimum atomic E-state index is -4.55. The monoisotopic (exact) mass is 529 g/mol. The standard InChI is InChI=1S/C27H30F3N5O3/c1-2-8-35(37)25-15-20(14-24(33-25)34-9-11-38-12-10-34)23-16-22(7-6-19(23)17-31)32-26(36)18-4-3-5-21(13-18)27(28,29)30/h3-7,13-16,37H,2,8-12,17,31H2,1H3,(H,32,36). The van der Waals surface area contributed by atoms with Crippen LogP contribution in [0.5, 0.6) is 0 Å². The summed E-state index contributed by atoms with van der Waals surface area (Å²) in [7, 11) is 0. The van der Waals surface area contributed by atoms with Gasteiger partial charge in [0.1, 0.15) is 5.82 Å². The maximum absolute atomic E-state index is 13.1. The molecule has 0 bridgehead atoms. The summed E-state index contributed by atoms with van der Waals surface area (Å²) in [5.74, 6) is 0.362. The van der Waals surface area contributed by atoms with Crippen molar-refractivity contribution in [1.82, 2.24) is 4.98 Å². The van der Waals surface area contributed by atoms with Crippen LogP contribution in [0, 0.1) is 0 Å². The molecule has 11 heteroatoms. The van der Waals surface area contributed by atoms with Gasteiger partial charge in [-0.25, -0.2) is 10.0 Å². The molecule has 0 saturated carbocycles. The van der Waals surface area contributed by atoms with Crippen molar-refractivity contribution in [2.24, 2.45) is 5.73 Å². The smallest absolute Gasteiger partial charge is 0.378 e. The first-order valence-electron chi connectivity index (χ1n) is 12.3. The van der Waals surface area contributed by atoms with Gasteiger partial charge in [0.15, 0.2) is 5.82 Å². The van der Waals surface area contributed by atoms with Crippen LogP contribution < -0.4 is 21.0 Å². The molecule has 0 radical (unpaired) electrons. The normalized spacial score (nSPS) is 13.9. The minimum Gasteiger partial charge on any atom is -0.378 e. The van der Waals surface area contributed by atoms with Crippen LogP contribution in [-0.2, 0) is 17.5 Å². The fourth-order valence-corrected chi connectivity index (χ4v) is 4.21. The van der Waals surface area contributed by atoms with Crippen LogP contribution in [0.3, 0.4) is 0 Å². The van der Waals surface area contributed by atoms with Crippen LogP contribution in [0.4, 0.5) is 30.5 Å². The predicted octanol–water partition coefficient (Wildman–Crippen LogP) is 4.92. The lowest BCUT2D eigenvalue weighted by atomic mass is 9.99. The van der Waals surface area contributed by atoms with Crippen molar-refractivity contribution in [3.8, 4) is 11.1 Å². The number of ether oxygens (including phenoxy) is 1. The van der Waals surface area contributed by atoms with Crippen LogP contribution in [0.1, 0.15) is 34.8 Å². The number of benzene rings is 2. The summed E-state index contributed by atoms with van der Waals surface area (Å²) in [6.07, 6.45) is -3.84. The SMILES string of the molecule is CCCN(O)c1cc(-c2cc(NC(=O)c3cccc(C(F)(F)F)c3)ccc2CN)cc(N2CCOCC2)n1. The summed E-state index contributed by atoms with van der Waals surface area (Å²) < 4.78 is 44.8. The molecule has 1 aromatic heterocycles. The molecule has 0 aliphatic carbocycles. The number of halogens is 3. The van der Waals surface area contributed by atoms with E-state index >= 15 is 0 Å². The molecule has 4 N–H and O–H groups in total. The number of hydrogen-bond acceptors (Lipinski definition) is 7. The minimum absolute atomic E-state index is 0.111. The Morgan fingerprint density at radius 3 is 2.61 bits per heavy atom. The van der Waals surface area contributed by atoms with Crippen LogP contribution in [0.15, 0.2) is 54.6 Å². The summed E-state index contributed by atoms with van der Waals surface area (Å²) >= 11 is 0. The van der Waals surface area contributed by atoms with Crippen molar-refractivity contribution in [1.29, 1.82) is 0 Å². The van der Waals surface area contributed by atoms with Gasteiger partial charge in [-0.05, 0) is 65.6 Å². The van der Waals surface area contributed by atoms with Gasteiger partial charge in [-0.15, -0.1) is 0 Å². The Morgan fingerprint density at radius 2 is 1.92 bits per heavy atom. The Hall–Kier alpha value is -3.67. The van der Waals surface area contributed by atoms with Crippen molar-refractivity contribution in [2.45, 2.75) is 26.1 Å². The number of carbonyl (C=O) groups excluding carboxylic acids is 1. The van der Waals surface area contributed by atoms with E-state index in [9.17, 15) is 23.2 Å². The highest BCUT2D eigenvalue weighted by molar-refractivity contribution is 6.04. The molecule has 3 aromatic rings. The molecule has 4 rings (SSSR count). The maximum Gasteiger partial charge on any atom is 0.416 e. The number of hydrogen-bond donors (Lipinski definition) is 3. The predicted molar refractivity (Wildman–Crippen MR) is 139 cm³/mol. The second-order valence-electron chi connectivity index (χ2n) is 8.90. The van der Waals surface area contributed by atoms with E-state index in [2.05, 4.69) is 15.2 Å². The van der Waals surface area contributed by atoms with Crippen molar-refractivity contribution in [3.63, 3.8) is 0 Å². The number of nitrogens with one attached hydrogen (secondary N) is 1. The van der Waals surface area contributed by atoms with Crippen LogP contribution in [-0.4, -0.2) is 48.9 Å². The van der Waals surface area contributed by atoms with Gasteiger partial charge in [0.05, 0.1) is 18.8 Å². The van der Waals surface area contributed by atoms with E-state index in [0.717, 1.165) is 28.3 Å². The van der Waals surface area contributed by atoms with E-state index < -0.39 is 17.6 Å². The van der Waals surface area contributed by atoms with Gasteiger partial charge in [0.25, 0.3) is 5.91 Å². The second-order valence-corrected chi connectivity index (χ2v) is 8.90. The van der Waals surface area contributed by atoms with Gasteiger partial charge in [-0.2, -0.15) is 13.2 Å². The highest BCUT2D eigenvalue weighted by Gasteiger charge is 2.31. The maximum atomic E-state index is 13.1. The van der Waals surface area contributed by atoms with Gasteiger partial charge in [-0.3, -0.25) is 10.0 Å². The lowest BCUT2D eigenvalue weighted by Gasteiger charge is -2.29. The summed E-state index contributed by atoms with van der Waals surface area (Å²) in [6, 6.07) is 13.0. The average Bonchev–Trinajstić information content (AvgIpc) is 2.93. The first kappa shape index (κ1) is 27.4. The number of carbonyl (C=O) groups is 1. The van der Waals surface area contributed by atoms with Crippen LogP contribution in [0.25, 0.3) is 11.1 Å². The van der Waals surface area contributed by atoms with Gasteiger partial charge in [0.2, 0.25) is 0 Å². The van der Waals surface area contributed by atoms with Gasteiger partial charge in [0, 0.05) is 37.4 Å². The largest absolute Gasteiger partial charge is 0.416 e. The number of anilines is 3. The van der Waals surface area contributed by atoms with E-state index in [1.807, 2.05) is 13.0 Å². The van der Waals surface area contributed by atoms with Crippen molar-refractivity contribution in [3.05, 3.63) is 71.3 Å². The Kier molecular flexibility index (Phi) is 8.50. The number of hydroxylamine groups is 1. The van der Waals surface area contributed by atoms with Gasteiger partial charge >= 0.3 is 6.18 Å². The molecule has 1 aliphatic rings. The highest BCUT2D eigenvalue weighted by Crippen LogP contribution is 2.33. The zero-order chi connectivity index (χ0) is 27.3. The van der Waals surface area contributed by atoms with E-state index in [-0.39, 0.29) is 12.1 Å². The molecule has 0 spiro atoms. The number of nitrogens with zero attached hydrogens (tertiary/aromatic N) is 3. The average molecular weight is 530 g/mol. The molecule has 2 aromatic carbocycles. The lowest BCUT2D eigenvalue weighted by Crippen LogP contribution is -2.37. The van der Waals surface area contributed by atoms with E-state index in [1.165, 1.54) is 12.1 Å². The van der Waals surface area contributed by atoms with Gasteiger partial charge < -0.3 is 20.7 Å². The summed E-state index contributed by atoms with van der Waals surface area (Å²) in [5, 5.41) is 14.4. The van der Waals surface area contributed by atoms with Gasteiger partial charge in [-0.1, -0.05) is 19.1 Å². The molecule has 1 fully saturated rings. The molecular formula is C27H30F3N5O3. The van der Waals surface area contributed by atoms with E-state index in [1.54, 1.807) is 24.3 Å². The summed E-state index contributed by atoms with van der Waals surface area (Å²) in [5.41, 5.74) is 7.61. The molecular weight excluding hydrogens is 499 g/mol. The molecule has 1 saturated heterocycles. The Balaban J connectivity index is 1.70. The number of aromatic nitrogens is 1. The van der Waals surface area contributed by atoms with Crippen molar-refractivity contribution >= 4 is 23.2 Å². The molecule has 1 amide bonds.